The molecule has 1 aromatic rings. The van der Waals surface area contributed by atoms with Crippen LogP contribution < -0.4 is 5.32 Å². The highest BCUT2D eigenvalue weighted by molar-refractivity contribution is 5.52. The first-order valence-electron chi connectivity index (χ1n) is 8.17. The van der Waals surface area contributed by atoms with E-state index in [1.807, 2.05) is 0 Å². The van der Waals surface area contributed by atoms with Gasteiger partial charge in [-0.2, -0.15) is 0 Å². The van der Waals surface area contributed by atoms with E-state index in [2.05, 4.69) is 44.3 Å². The number of hydrogen-bond donors (Lipinski definition) is 2. The predicted molar refractivity (Wildman–Crippen MR) is 87.8 cm³/mol. The van der Waals surface area contributed by atoms with Crippen molar-refractivity contribution in [2.75, 3.05) is 18.5 Å². The Hall–Kier alpha value is -1.06. The van der Waals surface area contributed by atoms with Crippen LogP contribution in [0.1, 0.15) is 43.7 Å². The SMILES string of the molecule is Cc1ccc(C)c(NCC(O)COC2CCCCC2C)c1. The highest BCUT2D eigenvalue weighted by Crippen LogP contribution is 2.26. The molecule has 21 heavy (non-hydrogen) atoms. The Morgan fingerprint density at radius 3 is 2.81 bits per heavy atom. The molecule has 2 rings (SSSR count). The summed E-state index contributed by atoms with van der Waals surface area (Å²) in [6.45, 7) is 7.37. The maximum absolute atomic E-state index is 10.1. The van der Waals surface area contributed by atoms with Gasteiger partial charge >= 0.3 is 0 Å². The fourth-order valence-corrected chi connectivity index (χ4v) is 2.98. The summed E-state index contributed by atoms with van der Waals surface area (Å²) in [5, 5.41) is 13.4. The summed E-state index contributed by atoms with van der Waals surface area (Å²) >= 11 is 0. The maximum atomic E-state index is 10.1. The minimum Gasteiger partial charge on any atom is -0.389 e. The number of rotatable bonds is 6. The van der Waals surface area contributed by atoms with Crippen LogP contribution >= 0.6 is 0 Å². The van der Waals surface area contributed by atoms with Crippen molar-refractivity contribution in [3.05, 3.63) is 29.3 Å². The Morgan fingerprint density at radius 2 is 2.05 bits per heavy atom. The van der Waals surface area contributed by atoms with E-state index >= 15 is 0 Å². The average molecular weight is 291 g/mol. The van der Waals surface area contributed by atoms with Crippen LogP contribution in [0.5, 0.6) is 0 Å². The summed E-state index contributed by atoms with van der Waals surface area (Å²) in [5.74, 6) is 0.623. The van der Waals surface area contributed by atoms with E-state index in [4.69, 9.17) is 4.74 Å². The molecule has 1 fully saturated rings. The van der Waals surface area contributed by atoms with Crippen LogP contribution in [0.25, 0.3) is 0 Å². The summed E-state index contributed by atoms with van der Waals surface area (Å²) in [6, 6.07) is 6.32. The summed E-state index contributed by atoms with van der Waals surface area (Å²) in [5.41, 5.74) is 3.53. The van der Waals surface area contributed by atoms with Gasteiger partial charge in [-0.15, -0.1) is 0 Å². The molecule has 0 aliphatic heterocycles. The second kappa shape index (κ2) is 7.81. The first-order chi connectivity index (χ1) is 10.1. The highest BCUT2D eigenvalue weighted by Gasteiger charge is 2.22. The van der Waals surface area contributed by atoms with E-state index in [0.717, 1.165) is 12.1 Å². The van der Waals surface area contributed by atoms with Crippen LogP contribution in [-0.2, 0) is 4.74 Å². The fourth-order valence-electron chi connectivity index (χ4n) is 2.98. The van der Waals surface area contributed by atoms with E-state index in [-0.39, 0.29) is 0 Å². The van der Waals surface area contributed by atoms with Gasteiger partial charge in [0.05, 0.1) is 18.8 Å². The molecule has 1 aliphatic rings. The lowest BCUT2D eigenvalue weighted by Crippen LogP contribution is -2.32. The van der Waals surface area contributed by atoms with Crippen molar-refractivity contribution in [1.82, 2.24) is 0 Å². The van der Waals surface area contributed by atoms with Crippen LogP contribution in [0.15, 0.2) is 18.2 Å². The first-order valence-corrected chi connectivity index (χ1v) is 8.17. The zero-order valence-corrected chi connectivity index (χ0v) is 13.6. The van der Waals surface area contributed by atoms with Crippen molar-refractivity contribution in [2.45, 2.75) is 58.7 Å². The Bertz CT molecular complexity index is 447. The molecule has 3 atom stereocenters. The number of aryl methyl sites for hydroxylation is 2. The van der Waals surface area contributed by atoms with Crippen molar-refractivity contribution < 1.29 is 9.84 Å². The predicted octanol–water partition coefficient (Wildman–Crippen LogP) is 3.67. The van der Waals surface area contributed by atoms with Crippen LogP contribution in [0, 0.1) is 19.8 Å². The van der Waals surface area contributed by atoms with Crippen LogP contribution in [0.3, 0.4) is 0 Å². The monoisotopic (exact) mass is 291 g/mol. The lowest BCUT2D eigenvalue weighted by Gasteiger charge is -2.29. The number of aliphatic hydroxyl groups is 1. The van der Waals surface area contributed by atoms with Gasteiger partial charge < -0.3 is 15.2 Å². The molecule has 0 heterocycles. The molecular weight excluding hydrogens is 262 g/mol. The van der Waals surface area contributed by atoms with Gasteiger partial charge in [0.25, 0.3) is 0 Å². The van der Waals surface area contributed by atoms with E-state index in [1.54, 1.807) is 0 Å². The van der Waals surface area contributed by atoms with Crippen molar-refractivity contribution in [3.8, 4) is 0 Å². The quantitative estimate of drug-likeness (QED) is 0.840. The van der Waals surface area contributed by atoms with Gasteiger partial charge in [0.15, 0.2) is 0 Å². The number of ether oxygens (including phenoxy) is 1. The second-order valence-electron chi connectivity index (χ2n) is 6.49. The Labute approximate surface area is 128 Å². The van der Waals surface area contributed by atoms with Crippen molar-refractivity contribution in [2.24, 2.45) is 5.92 Å². The normalized spacial score (nSPS) is 23.8. The van der Waals surface area contributed by atoms with Gasteiger partial charge in [0.2, 0.25) is 0 Å². The Balaban J connectivity index is 1.74. The molecule has 118 valence electrons. The molecule has 1 aromatic carbocycles. The highest BCUT2D eigenvalue weighted by atomic mass is 16.5. The molecule has 3 heteroatoms. The molecule has 0 radical (unpaired) electrons. The van der Waals surface area contributed by atoms with E-state index in [1.165, 1.54) is 30.4 Å². The van der Waals surface area contributed by atoms with Gasteiger partial charge in [0.1, 0.15) is 0 Å². The van der Waals surface area contributed by atoms with Crippen molar-refractivity contribution >= 4 is 5.69 Å². The molecule has 1 saturated carbocycles. The van der Waals surface area contributed by atoms with Crippen LogP contribution in [0.2, 0.25) is 0 Å². The minimum atomic E-state index is -0.459. The number of nitrogens with one attached hydrogen (secondary N) is 1. The number of hydrogen-bond acceptors (Lipinski definition) is 3. The largest absolute Gasteiger partial charge is 0.389 e. The van der Waals surface area contributed by atoms with Crippen molar-refractivity contribution in [3.63, 3.8) is 0 Å². The molecule has 0 bridgehead atoms. The molecule has 1 aliphatic carbocycles. The topological polar surface area (TPSA) is 41.5 Å². The molecular formula is C18H29NO2. The summed E-state index contributed by atoms with van der Waals surface area (Å²) < 4.78 is 5.91. The smallest absolute Gasteiger partial charge is 0.0945 e. The second-order valence-corrected chi connectivity index (χ2v) is 6.49. The van der Waals surface area contributed by atoms with Gasteiger partial charge in [-0.3, -0.25) is 0 Å². The third-order valence-electron chi connectivity index (χ3n) is 4.46. The lowest BCUT2D eigenvalue weighted by molar-refractivity contribution is -0.0424. The average Bonchev–Trinajstić information content (AvgIpc) is 2.47. The van der Waals surface area contributed by atoms with E-state index in [9.17, 15) is 5.11 Å². The Morgan fingerprint density at radius 1 is 1.29 bits per heavy atom. The minimum absolute atomic E-state index is 0.328. The molecule has 0 amide bonds. The zero-order valence-electron chi connectivity index (χ0n) is 13.6. The zero-order chi connectivity index (χ0) is 15.2. The number of benzene rings is 1. The number of anilines is 1. The maximum Gasteiger partial charge on any atom is 0.0945 e. The molecule has 0 saturated heterocycles. The summed E-state index contributed by atoms with van der Waals surface area (Å²) in [4.78, 5) is 0. The third-order valence-corrected chi connectivity index (χ3v) is 4.46. The summed E-state index contributed by atoms with van der Waals surface area (Å²) in [7, 11) is 0. The van der Waals surface area contributed by atoms with Gasteiger partial charge in [-0.25, -0.2) is 0 Å². The van der Waals surface area contributed by atoms with Crippen LogP contribution in [0.4, 0.5) is 5.69 Å². The lowest BCUT2D eigenvalue weighted by atomic mass is 9.88. The standard InChI is InChI=1S/C18H29NO2/c1-13-8-9-14(2)17(10-13)19-11-16(20)12-21-18-7-5-4-6-15(18)3/h8-10,15-16,18-20H,4-7,11-12H2,1-3H3. The molecule has 3 unspecified atom stereocenters. The fraction of sp³-hybridized carbons (Fsp3) is 0.667. The van der Waals surface area contributed by atoms with Crippen molar-refractivity contribution in [1.29, 1.82) is 0 Å². The van der Waals surface area contributed by atoms with Gasteiger partial charge in [0, 0.05) is 12.2 Å². The third kappa shape index (κ3) is 5.01. The molecule has 2 N–H and O–H groups in total. The van der Waals surface area contributed by atoms with E-state index in [0.29, 0.717) is 25.2 Å². The van der Waals surface area contributed by atoms with Gasteiger partial charge in [-0.05, 0) is 49.8 Å². The van der Waals surface area contributed by atoms with Crippen LogP contribution in [-0.4, -0.2) is 30.5 Å². The first kappa shape index (κ1) is 16.3. The molecule has 3 nitrogen and oxygen atoms in total. The van der Waals surface area contributed by atoms with E-state index < -0.39 is 6.10 Å². The molecule has 0 aromatic heterocycles. The number of aliphatic hydroxyl groups excluding tert-OH is 1. The Kier molecular flexibility index (Phi) is 6.07. The summed E-state index contributed by atoms with van der Waals surface area (Å²) in [6.07, 6.45) is 4.83. The molecule has 0 spiro atoms. The van der Waals surface area contributed by atoms with Gasteiger partial charge in [-0.1, -0.05) is 31.9 Å².